The van der Waals surface area contributed by atoms with Gasteiger partial charge < -0.3 is 4.42 Å². The summed E-state index contributed by atoms with van der Waals surface area (Å²) in [6.45, 7) is 0. The molecule has 0 saturated carbocycles. The van der Waals surface area contributed by atoms with Crippen molar-refractivity contribution >= 4 is 55.5 Å². The Kier molecular flexibility index (Phi) is 6.46. The Balaban J connectivity index is 1.32. The van der Waals surface area contributed by atoms with Gasteiger partial charge in [-0.15, -0.1) is 0 Å². The Morgan fingerprint density at radius 2 is 1.04 bits per heavy atom. The number of pyridine rings is 1. The maximum absolute atomic E-state index is 6.89. The minimum atomic E-state index is 0.818. The van der Waals surface area contributed by atoms with Gasteiger partial charge in [0.05, 0.1) is 16.9 Å². The molecule has 220 valence electrons. The van der Waals surface area contributed by atoms with Gasteiger partial charge in [-0.25, -0.2) is 4.98 Å². The van der Waals surface area contributed by atoms with Crippen molar-refractivity contribution < 1.29 is 4.42 Å². The summed E-state index contributed by atoms with van der Waals surface area (Å²) < 4.78 is 6.89. The third kappa shape index (κ3) is 4.68. The molecule has 0 aliphatic heterocycles. The molecule has 2 heterocycles. The van der Waals surface area contributed by atoms with E-state index in [1.165, 1.54) is 0 Å². The number of benzene rings is 7. The number of furan rings is 1. The smallest absolute Gasteiger partial charge is 0.144 e. The molecule has 47 heavy (non-hydrogen) atoms. The number of aromatic nitrogens is 1. The highest BCUT2D eigenvalue weighted by Crippen LogP contribution is 2.42. The largest absolute Gasteiger partial charge is 0.455 e. The summed E-state index contributed by atoms with van der Waals surface area (Å²) in [6.07, 6.45) is 1.97. The molecule has 0 bridgehead atoms. The van der Waals surface area contributed by atoms with Gasteiger partial charge in [0.2, 0.25) is 0 Å². The van der Waals surface area contributed by atoms with Crippen LogP contribution in [0.3, 0.4) is 0 Å². The first kappa shape index (κ1) is 27.0. The molecule has 0 saturated heterocycles. The highest BCUT2D eigenvalue weighted by Gasteiger charge is 2.20. The standard InChI is InChI=1S/C44H28N2O/c1-3-14-30(15-4-1)32-18-9-11-24-40(32)45-28-29-26-38-37-23-13-22-33(31-16-5-2-6-17-31)43(37)47-44(38)39(27-29)42-36-21-8-7-19-34(36)35-20-10-12-25-41(35)46-42/h1-28H. The lowest BCUT2D eigenvalue weighted by atomic mass is 9.96. The first-order chi connectivity index (χ1) is 23.3. The lowest BCUT2D eigenvalue weighted by Crippen LogP contribution is -1.92. The van der Waals surface area contributed by atoms with E-state index in [2.05, 4.69) is 140 Å². The Morgan fingerprint density at radius 3 is 1.85 bits per heavy atom. The van der Waals surface area contributed by atoms with E-state index in [9.17, 15) is 0 Å². The first-order valence-electron chi connectivity index (χ1n) is 15.8. The number of rotatable bonds is 5. The van der Waals surface area contributed by atoms with Crippen LogP contribution in [-0.4, -0.2) is 11.2 Å². The van der Waals surface area contributed by atoms with Gasteiger partial charge >= 0.3 is 0 Å². The summed E-state index contributed by atoms with van der Waals surface area (Å²) >= 11 is 0. The molecule has 0 spiro atoms. The average molecular weight is 601 g/mol. The Hall–Kier alpha value is -6.32. The van der Waals surface area contributed by atoms with E-state index in [1.54, 1.807) is 0 Å². The Morgan fingerprint density at radius 1 is 0.447 bits per heavy atom. The summed E-state index contributed by atoms with van der Waals surface area (Å²) in [6, 6.07) is 56.7. The van der Waals surface area contributed by atoms with Gasteiger partial charge in [-0.3, -0.25) is 4.99 Å². The number of aliphatic imine (C=N–C) groups is 1. The second-order valence-corrected chi connectivity index (χ2v) is 11.8. The monoisotopic (exact) mass is 600 g/mol. The molecule has 9 rings (SSSR count). The maximum Gasteiger partial charge on any atom is 0.144 e. The van der Waals surface area contributed by atoms with E-state index < -0.39 is 0 Å². The SMILES string of the molecule is C(=Nc1ccccc1-c1ccccc1)c1cc(-c2nc3ccccc3c3ccccc23)c2oc3c(-c4ccccc4)cccc3c2c1. The van der Waals surface area contributed by atoms with Crippen LogP contribution in [0.25, 0.3) is 77.1 Å². The second kappa shape index (κ2) is 11.2. The Bertz CT molecular complexity index is 2620. The van der Waals surface area contributed by atoms with Gasteiger partial charge in [-0.1, -0.05) is 140 Å². The van der Waals surface area contributed by atoms with Crippen molar-refractivity contribution in [3.05, 3.63) is 169 Å². The predicted octanol–water partition coefficient (Wildman–Crippen LogP) is 12.0. The molecule has 0 aliphatic rings. The van der Waals surface area contributed by atoms with Crippen LogP contribution in [0.1, 0.15) is 5.56 Å². The zero-order valence-electron chi connectivity index (χ0n) is 25.5. The molecule has 3 nitrogen and oxygen atoms in total. The molecule has 2 aromatic heterocycles. The summed E-state index contributed by atoms with van der Waals surface area (Å²) in [5.74, 6) is 0. The summed E-state index contributed by atoms with van der Waals surface area (Å²) in [5, 5.41) is 5.48. The van der Waals surface area contributed by atoms with Crippen LogP contribution in [0.4, 0.5) is 5.69 Å². The lowest BCUT2D eigenvalue weighted by Gasteiger charge is -2.11. The molecular formula is C44H28N2O. The van der Waals surface area contributed by atoms with Gasteiger partial charge in [0.1, 0.15) is 11.2 Å². The molecule has 0 radical (unpaired) electrons. The molecular weight excluding hydrogens is 572 g/mol. The van der Waals surface area contributed by atoms with Crippen molar-refractivity contribution in [1.82, 2.24) is 4.98 Å². The molecule has 0 amide bonds. The number of hydrogen-bond donors (Lipinski definition) is 0. The quantitative estimate of drug-likeness (QED) is 0.146. The van der Waals surface area contributed by atoms with Crippen LogP contribution in [-0.2, 0) is 0 Å². The summed E-state index contributed by atoms with van der Waals surface area (Å²) in [5.41, 5.74) is 10.8. The molecule has 0 fully saturated rings. The van der Waals surface area contributed by atoms with E-state index in [0.717, 1.165) is 88.4 Å². The van der Waals surface area contributed by atoms with Gasteiger partial charge in [-0.2, -0.15) is 0 Å². The van der Waals surface area contributed by atoms with Crippen LogP contribution in [0.2, 0.25) is 0 Å². The predicted molar refractivity (Wildman–Crippen MR) is 197 cm³/mol. The van der Waals surface area contributed by atoms with Crippen molar-refractivity contribution in [2.75, 3.05) is 0 Å². The fourth-order valence-corrected chi connectivity index (χ4v) is 6.72. The van der Waals surface area contributed by atoms with E-state index in [4.69, 9.17) is 14.4 Å². The van der Waals surface area contributed by atoms with E-state index >= 15 is 0 Å². The van der Waals surface area contributed by atoms with E-state index in [0.29, 0.717) is 0 Å². The minimum absolute atomic E-state index is 0.818. The number of fused-ring (bicyclic) bond motifs is 6. The summed E-state index contributed by atoms with van der Waals surface area (Å²) in [7, 11) is 0. The van der Waals surface area contributed by atoms with Crippen molar-refractivity contribution in [3.63, 3.8) is 0 Å². The van der Waals surface area contributed by atoms with Crippen molar-refractivity contribution in [2.45, 2.75) is 0 Å². The zero-order valence-corrected chi connectivity index (χ0v) is 25.5. The van der Waals surface area contributed by atoms with Crippen molar-refractivity contribution in [1.29, 1.82) is 0 Å². The van der Waals surface area contributed by atoms with E-state index in [-0.39, 0.29) is 0 Å². The number of hydrogen-bond acceptors (Lipinski definition) is 3. The van der Waals surface area contributed by atoms with E-state index in [1.807, 2.05) is 30.5 Å². The summed E-state index contributed by atoms with van der Waals surface area (Å²) in [4.78, 5) is 10.3. The normalized spacial score (nSPS) is 11.7. The average Bonchev–Trinajstić information content (AvgIpc) is 3.53. The van der Waals surface area contributed by atoms with Gasteiger partial charge in [0, 0.05) is 44.4 Å². The molecule has 0 atom stereocenters. The molecule has 7 aromatic carbocycles. The third-order valence-corrected chi connectivity index (χ3v) is 8.91. The molecule has 3 heteroatoms. The Labute approximate surface area is 272 Å². The fraction of sp³-hybridized carbons (Fsp3) is 0. The van der Waals surface area contributed by atoms with Crippen molar-refractivity contribution in [2.24, 2.45) is 4.99 Å². The molecule has 0 unspecified atom stereocenters. The molecule has 0 N–H and O–H groups in total. The lowest BCUT2D eigenvalue weighted by molar-refractivity contribution is 0.671. The van der Waals surface area contributed by atoms with Crippen LogP contribution in [0.15, 0.2) is 173 Å². The van der Waals surface area contributed by atoms with Gasteiger partial charge in [-0.05, 0) is 46.3 Å². The topological polar surface area (TPSA) is 38.4 Å². The van der Waals surface area contributed by atoms with Crippen LogP contribution >= 0.6 is 0 Å². The second-order valence-electron chi connectivity index (χ2n) is 11.8. The fourth-order valence-electron chi connectivity index (χ4n) is 6.72. The number of nitrogens with zero attached hydrogens (tertiary/aromatic N) is 2. The number of para-hydroxylation sites is 3. The van der Waals surface area contributed by atoms with Gasteiger partial charge in [0.15, 0.2) is 0 Å². The van der Waals surface area contributed by atoms with Crippen LogP contribution in [0.5, 0.6) is 0 Å². The highest BCUT2D eigenvalue weighted by molar-refractivity contribution is 6.18. The van der Waals surface area contributed by atoms with Crippen LogP contribution < -0.4 is 0 Å². The maximum atomic E-state index is 6.89. The minimum Gasteiger partial charge on any atom is -0.455 e. The van der Waals surface area contributed by atoms with Crippen LogP contribution in [0, 0.1) is 0 Å². The third-order valence-electron chi connectivity index (χ3n) is 8.91. The van der Waals surface area contributed by atoms with Gasteiger partial charge in [0.25, 0.3) is 0 Å². The zero-order chi connectivity index (χ0) is 31.2. The highest BCUT2D eigenvalue weighted by atomic mass is 16.3. The first-order valence-corrected chi connectivity index (χ1v) is 15.8. The van der Waals surface area contributed by atoms with Crippen molar-refractivity contribution in [3.8, 4) is 33.5 Å². The molecule has 0 aliphatic carbocycles. The molecule has 9 aromatic rings.